The molecule has 8 aliphatic rings. The van der Waals surface area contributed by atoms with Crippen molar-refractivity contribution < 1.29 is 19.7 Å². The van der Waals surface area contributed by atoms with Gasteiger partial charge in [0.15, 0.2) is 0 Å². The number of rotatable bonds is 8. The van der Waals surface area contributed by atoms with Crippen molar-refractivity contribution in [3.05, 3.63) is 35.4 Å². The topological polar surface area (TPSA) is 58.9 Å². The van der Waals surface area contributed by atoms with Gasteiger partial charge in [0.05, 0.1) is 13.2 Å². The van der Waals surface area contributed by atoms with Gasteiger partial charge >= 0.3 is 0 Å². The normalized spacial score (nSPS) is 40.3. The molecule has 204 valence electrons. The first-order valence-corrected chi connectivity index (χ1v) is 15.7. The third-order valence-corrected chi connectivity index (χ3v) is 12.0. The van der Waals surface area contributed by atoms with Crippen molar-refractivity contribution >= 4 is 10.8 Å². The van der Waals surface area contributed by atoms with Gasteiger partial charge < -0.3 is 19.7 Å². The number of aliphatic hydroxyl groups is 2. The molecule has 0 heterocycles. The summed E-state index contributed by atoms with van der Waals surface area (Å²) in [5, 5.41) is 21.8. The third-order valence-electron chi connectivity index (χ3n) is 12.0. The van der Waals surface area contributed by atoms with E-state index in [9.17, 15) is 10.2 Å². The van der Waals surface area contributed by atoms with Crippen LogP contribution in [0.1, 0.15) is 88.2 Å². The second-order valence-corrected chi connectivity index (χ2v) is 14.5. The second kappa shape index (κ2) is 8.86. The van der Waals surface area contributed by atoms with Crippen molar-refractivity contribution in [1.82, 2.24) is 0 Å². The van der Waals surface area contributed by atoms with E-state index in [2.05, 4.69) is 24.3 Å². The van der Waals surface area contributed by atoms with Crippen LogP contribution in [-0.2, 0) is 10.8 Å². The van der Waals surface area contributed by atoms with Crippen LogP contribution in [-0.4, -0.2) is 36.6 Å². The zero-order valence-corrected chi connectivity index (χ0v) is 22.8. The zero-order valence-electron chi connectivity index (χ0n) is 22.8. The predicted octanol–water partition coefficient (Wildman–Crippen LogP) is 6.52. The number of aliphatic hydroxyl groups excluding tert-OH is 2. The highest BCUT2D eigenvalue weighted by atomic mass is 16.5. The Morgan fingerprint density at radius 1 is 0.526 bits per heavy atom. The van der Waals surface area contributed by atoms with Gasteiger partial charge in [-0.05, 0) is 123 Å². The van der Waals surface area contributed by atoms with Crippen molar-refractivity contribution in [2.45, 2.75) is 87.9 Å². The van der Waals surface area contributed by atoms with E-state index in [4.69, 9.17) is 9.47 Å². The van der Waals surface area contributed by atoms with Crippen molar-refractivity contribution in [3.8, 4) is 11.5 Å². The minimum Gasteiger partial charge on any atom is -0.490 e. The van der Waals surface area contributed by atoms with E-state index in [0.29, 0.717) is 13.2 Å². The lowest BCUT2D eigenvalue weighted by Gasteiger charge is -2.57. The molecule has 2 aromatic carbocycles. The van der Waals surface area contributed by atoms with Crippen molar-refractivity contribution in [3.63, 3.8) is 0 Å². The van der Waals surface area contributed by atoms with Crippen LogP contribution in [0.3, 0.4) is 0 Å². The van der Waals surface area contributed by atoms with Gasteiger partial charge in [0.25, 0.3) is 0 Å². The first kappa shape index (κ1) is 24.1. The molecule has 4 nitrogen and oxygen atoms in total. The standard InChI is InChI=1S/C34H44O4/c35-5-7-37-31-27-1-3-29(33-15-21-9-22(16-33)11-23(10-21)17-33)32(38-8-6-36)28(27)2-4-30(31)34-18-24-12-25(19-34)14-26(13-24)20-34/h1-4,21-26,35-36H,5-20H2. The molecule has 0 saturated heterocycles. The Labute approximate surface area is 227 Å². The molecule has 2 N–H and O–H groups in total. The monoisotopic (exact) mass is 516 g/mol. The Hall–Kier alpha value is -1.78. The molecule has 0 radical (unpaired) electrons. The van der Waals surface area contributed by atoms with Gasteiger partial charge in [-0.15, -0.1) is 0 Å². The highest BCUT2D eigenvalue weighted by Gasteiger charge is 2.54. The summed E-state index contributed by atoms with van der Waals surface area (Å²) in [7, 11) is 0. The Morgan fingerprint density at radius 3 is 1.13 bits per heavy atom. The summed E-state index contributed by atoms with van der Waals surface area (Å²) in [6, 6.07) is 9.40. The van der Waals surface area contributed by atoms with E-state index < -0.39 is 0 Å². The van der Waals surface area contributed by atoms with Crippen LogP contribution in [0.4, 0.5) is 0 Å². The molecular weight excluding hydrogens is 472 g/mol. The Kier molecular flexibility index (Phi) is 5.61. The van der Waals surface area contributed by atoms with E-state index in [-0.39, 0.29) is 24.0 Å². The number of hydrogen-bond donors (Lipinski definition) is 2. The Bertz CT molecular complexity index is 1060. The summed E-state index contributed by atoms with van der Waals surface area (Å²) in [4.78, 5) is 0. The molecule has 10 rings (SSSR count). The molecule has 0 amide bonds. The van der Waals surface area contributed by atoms with Crippen molar-refractivity contribution in [2.75, 3.05) is 26.4 Å². The number of ether oxygens (including phenoxy) is 2. The van der Waals surface area contributed by atoms with E-state index in [1.807, 2.05) is 0 Å². The summed E-state index contributed by atoms with van der Waals surface area (Å²) in [6.07, 6.45) is 16.3. The van der Waals surface area contributed by atoms with Crippen molar-refractivity contribution in [1.29, 1.82) is 0 Å². The van der Waals surface area contributed by atoms with E-state index in [0.717, 1.165) is 57.8 Å². The molecule has 2 aromatic rings. The molecule has 0 aromatic heterocycles. The summed E-state index contributed by atoms with van der Waals surface area (Å²) in [5.41, 5.74) is 3.21. The Morgan fingerprint density at radius 2 is 0.842 bits per heavy atom. The molecule has 8 saturated carbocycles. The predicted molar refractivity (Wildman–Crippen MR) is 149 cm³/mol. The zero-order chi connectivity index (χ0) is 25.5. The molecule has 4 heteroatoms. The van der Waals surface area contributed by atoms with Gasteiger partial charge in [-0.3, -0.25) is 0 Å². The molecule has 0 unspecified atom stereocenters. The highest BCUT2D eigenvalue weighted by molar-refractivity contribution is 5.96. The fourth-order valence-electron chi connectivity index (χ4n) is 11.7. The SMILES string of the molecule is OCCOc1c(C23CC4CC(CC(C4)C2)C3)ccc2c(OCCO)c(C34CC5CC(CC(C5)C3)C4)ccc12. The minimum atomic E-state index is 0.0237. The summed E-state index contributed by atoms with van der Waals surface area (Å²) >= 11 is 0. The van der Waals surface area contributed by atoms with E-state index in [1.165, 1.54) is 88.2 Å². The quantitative estimate of drug-likeness (QED) is 0.420. The summed E-state index contributed by atoms with van der Waals surface area (Å²) < 4.78 is 13.0. The maximum atomic E-state index is 9.76. The Balaban J connectivity index is 1.28. The fraction of sp³-hybridized carbons (Fsp3) is 0.706. The summed E-state index contributed by atoms with van der Waals surface area (Å²) in [5.74, 6) is 7.17. The average Bonchev–Trinajstić information content (AvgIpc) is 2.88. The molecule has 0 spiro atoms. The van der Waals surface area contributed by atoms with Gasteiger partial charge in [-0.25, -0.2) is 0 Å². The average molecular weight is 517 g/mol. The van der Waals surface area contributed by atoms with Crippen LogP contribution >= 0.6 is 0 Å². The van der Waals surface area contributed by atoms with Gasteiger partial charge in [-0.1, -0.05) is 24.3 Å². The number of hydrogen-bond acceptors (Lipinski definition) is 4. The molecule has 0 atom stereocenters. The summed E-state index contributed by atoms with van der Waals surface area (Å²) in [6.45, 7) is 0.690. The second-order valence-electron chi connectivity index (χ2n) is 14.5. The minimum absolute atomic E-state index is 0.0237. The maximum Gasteiger partial charge on any atom is 0.131 e. The van der Waals surface area contributed by atoms with Crippen LogP contribution in [0.25, 0.3) is 10.8 Å². The van der Waals surface area contributed by atoms with E-state index >= 15 is 0 Å². The van der Waals surface area contributed by atoms with Crippen LogP contribution in [0.5, 0.6) is 11.5 Å². The van der Waals surface area contributed by atoms with Gasteiger partial charge in [0.1, 0.15) is 24.7 Å². The largest absolute Gasteiger partial charge is 0.490 e. The lowest BCUT2D eigenvalue weighted by molar-refractivity contribution is -0.00674. The van der Waals surface area contributed by atoms with Gasteiger partial charge in [-0.2, -0.15) is 0 Å². The first-order valence-electron chi connectivity index (χ1n) is 15.7. The van der Waals surface area contributed by atoms with Gasteiger partial charge in [0.2, 0.25) is 0 Å². The lowest BCUT2D eigenvalue weighted by atomic mass is 9.47. The molecule has 8 bridgehead atoms. The first-order chi connectivity index (χ1) is 18.6. The molecule has 0 aliphatic heterocycles. The van der Waals surface area contributed by atoms with Gasteiger partial charge in [0, 0.05) is 21.9 Å². The number of fused-ring (bicyclic) bond motifs is 1. The van der Waals surface area contributed by atoms with Crippen molar-refractivity contribution in [2.24, 2.45) is 35.5 Å². The molecule has 8 fully saturated rings. The molecular formula is C34H44O4. The molecule has 8 aliphatic carbocycles. The van der Waals surface area contributed by atoms with Crippen LogP contribution in [0, 0.1) is 35.5 Å². The lowest BCUT2D eigenvalue weighted by Crippen LogP contribution is -2.48. The van der Waals surface area contributed by atoms with E-state index in [1.54, 1.807) is 0 Å². The van der Waals surface area contributed by atoms with Crippen LogP contribution in [0.2, 0.25) is 0 Å². The molecule has 38 heavy (non-hydrogen) atoms. The third kappa shape index (κ3) is 3.61. The van der Waals surface area contributed by atoms with Crippen LogP contribution in [0.15, 0.2) is 24.3 Å². The smallest absolute Gasteiger partial charge is 0.131 e. The van der Waals surface area contributed by atoms with Crippen LogP contribution < -0.4 is 9.47 Å². The highest BCUT2D eigenvalue weighted by Crippen LogP contribution is 2.64. The number of benzene rings is 2. The fourth-order valence-corrected chi connectivity index (χ4v) is 11.7. The maximum absolute atomic E-state index is 9.76.